The van der Waals surface area contributed by atoms with Crippen LogP contribution in [0.5, 0.6) is 0 Å². The van der Waals surface area contributed by atoms with Gasteiger partial charge in [-0.25, -0.2) is 4.98 Å². The van der Waals surface area contributed by atoms with Crippen molar-refractivity contribution in [2.24, 2.45) is 4.99 Å². The zero-order valence-corrected chi connectivity index (χ0v) is 15.8. The first-order valence-corrected chi connectivity index (χ1v) is 9.62. The molecule has 2 aromatic rings. The largest absolute Gasteiger partial charge is 0.364 e. The molecule has 0 aliphatic carbocycles. The Morgan fingerprint density at radius 3 is 2.84 bits per heavy atom. The minimum Gasteiger partial charge on any atom is -0.364 e. The molecule has 1 N–H and O–H groups in total. The van der Waals surface area contributed by atoms with Crippen molar-refractivity contribution in [3.8, 4) is 0 Å². The van der Waals surface area contributed by atoms with Gasteiger partial charge in [0.05, 0.1) is 10.7 Å². The summed E-state index contributed by atoms with van der Waals surface area (Å²) in [6, 6.07) is 1.93. The molecule has 3 heterocycles. The van der Waals surface area contributed by atoms with Crippen LogP contribution in [0, 0.1) is 6.92 Å². The number of nitrogens with zero attached hydrogens (tertiary/aromatic N) is 5. The zero-order valence-electron chi connectivity index (χ0n) is 14.9. The van der Waals surface area contributed by atoms with Crippen molar-refractivity contribution >= 4 is 17.3 Å². The summed E-state index contributed by atoms with van der Waals surface area (Å²) in [5.74, 6) is 1.01. The maximum Gasteiger partial charge on any atom is 0.194 e. The van der Waals surface area contributed by atoms with Crippen LogP contribution in [0.15, 0.2) is 28.0 Å². The predicted octanol–water partition coefficient (Wildman–Crippen LogP) is 1.77. The summed E-state index contributed by atoms with van der Waals surface area (Å²) in [7, 11) is 0. The number of aryl methyl sites for hydroxylation is 1. The summed E-state index contributed by atoms with van der Waals surface area (Å²) < 4.78 is 4.91. The molecule has 1 saturated heterocycles. The fourth-order valence-corrected chi connectivity index (χ4v) is 3.64. The third kappa shape index (κ3) is 5.27. The summed E-state index contributed by atoms with van der Waals surface area (Å²) in [6.07, 6.45) is 4.47. The molecule has 8 heteroatoms. The second-order valence-corrected chi connectivity index (χ2v) is 7.42. The average Bonchev–Trinajstić information content (AvgIpc) is 3.27. The molecule has 2 aromatic heterocycles. The van der Waals surface area contributed by atoms with Crippen molar-refractivity contribution < 1.29 is 4.52 Å². The summed E-state index contributed by atoms with van der Waals surface area (Å²) in [5.41, 5.74) is 0.993. The van der Waals surface area contributed by atoms with Crippen LogP contribution in [-0.4, -0.2) is 65.2 Å². The Balaban J connectivity index is 1.49. The lowest BCUT2D eigenvalue weighted by Gasteiger charge is -2.36. The lowest BCUT2D eigenvalue weighted by molar-refractivity contribution is 0.169. The van der Waals surface area contributed by atoms with Crippen molar-refractivity contribution in [1.29, 1.82) is 0 Å². The minimum absolute atomic E-state index is 0.772. The fourth-order valence-electron chi connectivity index (χ4n) is 2.87. The molecule has 7 nitrogen and oxygen atoms in total. The molecule has 1 aliphatic heterocycles. The van der Waals surface area contributed by atoms with E-state index < -0.39 is 0 Å². The number of thiazole rings is 1. The van der Waals surface area contributed by atoms with Gasteiger partial charge in [0.25, 0.3) is 0 Å². The van der Waals surface area contributed by atoms with Gasteiger partial charge < -0.3 is 14.7 Å². The highest BCUT2D eigenvalue weighted by Crippen LogP contribution is 2.12. The maximum atomic E-state index is 4.91. The summed E-state index contributed by atoms with van der Waals surface area (Å²) in [4.78, 5) is 15.2. The van der Waals surface area contributed by atoms with Crippen LogP contribution < -0.4 is 5.32 Å². The van der Waals surface area contributed by atoms with Gasteiger partial charge in [0.1, 0.15) is 6.26 Å². The van der Waals surface area contributed by atoms with Crippen molar-refractivity contribution in [2.45, 2.75) is 26.8 Å². The third-order valence-electron chi connectivity index (χ3n) is 4.14. The van der Waals surface area contributed by atoms with Crippen LogP contribution in [0.3, 0.4) is 0 Å². The van der Waals surface area contributed by atoms with Crippen LogP contribution in [0.4, 0.5) is 0 Å². The van der Waals surface area contributed by atoms with Crippen LogP contribution >= 0.6 is 11.3 Å². The van der Waals surface area contributed by atoms with Gasteiger partial charge in [-0.1, -0.05) is 5.16 Å². The Morgan fingerprint density at radius 1 is 1.36 bits per heavy atom. The van der Waals surface area contributed by atoms with Gasteiger partial charge in [0.15, 0.2) is 5.96 Å². The van der Waals surface area contributed by atoms with Gasteiger partial charge in [-0.3, -0.25) is 9.89 Å². The topological polar surface area (TPSA) is 69.8 Å². The Morgan fingerprint density at radius 2 is 2.20 bits per heavy atom. The number of hydrogen-bond acceptors (Lipinski definition) is 6. The first-order chi connectivity index (χ1) is 12.2. The van der Waals surface area contributed by atoms with E-state index in [4.69, 9.17) is 9.52 Å². The summed E-state index contributed by atoms with van der Waals surface area (Å²) >= 11 is 1.76. The lowest BCUT2D eigenvalue weighted by Crippen LogP contribution is -2.52. The smallest absolute Gasteiger partial charge is 0.194 e. The van der Waals surface area contributed by atoms with Crippen LogP contribution in [-0.2, 0) is 13.0 Å². The Hall–Kier alpha value is -1.93. The monoisotopic (exact) mass is 362 g/mol. The molecule has 3 rings (SSSR count). The zero-order chi connectivity index (χ0) is 17.5. The molecule has 0 atom stereocenters. The second-order valence-electron chi connectivity index (χ2n) is 6.10. The first-order valence-electron chi connectivity index (χ1n) is 8.80. The Kier molecular flexibility index (Phi) is 6.41. The fraction of sp³-hybridized carbons (Fsp3) is 0.588. The Bertz CT molecular complexity index is 660. The van der Waals surface area contributed by atoms with Gasteiger partial charge >= 0.3 is 0 Å². The molecule has 0 unspecified atom stereocenters. The van der Waals surface area contributed by atoms with Crippen LogP contribution in [0.1, 0.15) is 22.5 Å². The van der Waals surface area contributed by atoms with Gasteiger partial charge in [-0.05, 0) is 13.8 Å². The third-order valence-corrected chi connectivity index (χ3v) is 5.11. The van der Waals surface area contributed by atoms with Gasteiger partial charge in [-0.15, -0.1) is 11.3 Å². The van der Waals surface area contributed by atoms with E-state index in [2.05, 4.69) is 39.1 Å². The normalized spacial score (nSPS) is 16.4. The molecule has 0 aromatic carbocycles. The molecular formula is C17H26N6OS. The van der Waals surface area contributed by atoms with E-state index >= 15 is 0 Å². The average molecular weight is 363 g/mol. The highest BCUT2D eigenvalue weighted by atomic mass is 32.1. The van der Waals surface area contributed by atoms with Crippen molar-refractivity contribution in [3.05, 3.63) is 34.1 Å². The molecule has 1 aliphatic rings. The quantitative estimate of drug-likeness (QED) is 0.624. The van der Waals surface area contributed by atoms with E-state index in [1.54, 1.807) is 17.6 Å². The molecule has 0 bridgehead atoms. The number of hydrogen-bond donors (Lipinski definition) is 1. The number of rotatable bonds is 6. The molecule has 1 fully saturated rings. The first kappa shape index (κ1) is 17.9. The van der Waals surface area contributed by atoms with E-state index in [-0.39, 0.29) is 0 Å². The summed E-state index contributed by atoms with van der Waals surface area (Å²) in [6.45, 7) is 10.7. The van der Waals surface area contributed by atoms with Gasteiger partial charge in [0, 0.05) is 69.4 Å². The van der Waals surface area contributed by atoms with E-state index in [0.29, 0.717) is 0 Å². The SMILES string of the molecule is CCNC(=NCCc1ncc(C)s1)N1CCN(Cc2ccon2)CC1. The molecule has 0 saturated carbocycles. The standard InChI is InChI=1S/C17H26N6OS/c1-3-18-17(19-6-4-16-20-12-14(2)25-16)23-9-7-22(8-10-23)13-15-5-11-24-21-15/h5,11-12H,3-4,6-10,13H2,1-2H3,(H,18,19). The predicted molar refractivity (Wildman–Crippen MR) is 99.9 cm³/mol. The molecule has 0 radical (unpaired) electrons. The summed E-state index contributed by atoms with van der Waals surface area (Å²) in [5, 5.41) is 8.57. The number of aromatic nitrogens is 2. The number of aliphatic imine (C=N–C) groups is 1. The minimum atomic E-state index is 0.772. The van der Waals surface area contributed by atoms with Gasteiger partial charge in [-0.2, -0.15) is 0 Å². The van der Waals surface area contributed by atoms with Crippen LogP contribution in [0.25, 0.3) is 0 Å². The number of nitrogens with one attached hydrogen (secondary N) is 1. The van der Waals surface area contributed by atoms with Crippen LogP contribution in [0.2, 0.25) is 0 Å². The molecular weight excluding hydrogens is 336 g/mol. The van der Waals surface area contributed by atoms with Crippen molar-refractivity contribution in [3.63, 3.8) is 0 Å². The maximum absolute atomic E-state index is 4.91. The van der Waals surface area contributed by atoms with E-state index in [1.807, 2.05) is 12.3 Å². The highest BCUT2D eigenvalue weighted by Gasteiger charge is 2.20. The van der Waals surface area contributed by atoms with E-state index in [1.165, 1.54) is 4.88 Å². The number of guanidine groups is 1. The second kappa shape index (κ2) is 8.96. The molecule has 136 valence electrons. The number of piperazine rings is 1. The van der Waals surface area contributed by atoms with Gasteiger partial charge in [0.2, 0.25) is 0 Å². The highest BCUT2D eigenvalue weighted by molar-refractivity contribution is 7.11. The van der Waals surface area contributed by atoms with Crippen molar-refractivity contribution in [1.82, 2.24) is 25.3 Å². The van der Waals surface area contributed by atoms with E-state index in [0.717, 1.165) is 68.9 Å². The molecule has 0 spiro atoms. The van der Waals surface area contributed by atoms with Crippen molar-refractivity contribution in [2.75, 3.05) is 39.3 Å². The molecule has 25 heavy (non-hydrogen) atoms. The Labute approximate surface area is 152 Å². The molecule has 0 amide bonds. The van der Waals surface area contributed by atoms with E-state index in [9.17, 15) is 0 Å². The lowest BCUT2D eigenvalue weighted by atomic mass is 10.3.